The fourth-order valence-corrected chi connectivity index (χ4v) is 3.35. The number of rotatable bonds is 7. The standard InChI is InChI=1S/C21H22N6O4/c1-25-17-16(19(29)26(2)21(25)30)27(13-14-7-4-3-5-8-14)20(24-17)23-11-10-22-18(28)15-9-6-12-31-15/h3-9,12H,10-11,13H2,1-2H3,(H,22,28)(H,23,24). The number of hydrogen-bond donors (Lipinski definition) is 2. The lowest BCUT2D eigenvalue weighted by atomic mass is 10.2. The number of benzene rings is 1. The minimum atomic E-state index is -0.445. The van der Waals surface area contributed by atoms with Crippen LogP contribution < -0.4 is 21.9 Å². The highest BCUT2D eigenvalue weighted by Crippen LogP contribution is 2.17. The van der Waals surface area contributed by atoms with Crippen molar-refractivity contribution in [3.05, 3.63) is 80.9 Å². The summed E-state index contributed by atoms with van der Waals surface area (Å²) >= 11 is 0. The van der Waals surface area contributed by atoms with E-state index in [2.05, 4.69) is 15.6 Å². The first-order valence-corrected chi connectivity index (χ1v) is 9.73. The minimum absolute atomic E-state index is 0.231. The molecular weight excluding hydrogens is 400 g/mol. The molecule has 0 aliphatic carbocycles. The number of nitrogens with zero attached hydrogens (tertiary/aromatic N) is 4. The van der Waals surface area contributed by atoms with Crippen molar-refractivity contribution in [1.29, 1.82) is 0 Å². The first kappa shape index (κ1) is 20.2. The van der Waals surface area contributed by atoms with Crippen LogP contribution in [0, 0.1) is 0 Å². The fraction of sp³-hybridized carbons (Fsp3) is 0.238. The summed E-state index contributed by atoms with van der Waals surface area (Å²) in [4.78, 5) is 41.7. The molecule has 0 saturated carbocycles. The van der Waals surface area contributed by atoms with Gasteiger partial charge >= 0.3 is 5.69 Å². The lowest BCUT2D eigenvalue weighted by Crippen LogP contribution is -2.37. The average molecular weight is 422 g/mol. The number of aryl methyl sites for hydroxylation is 1. The molecule has 4 aromatic rings. The molecule has 1 aromatic carbocycles. The summed E-state index contributed by atoms with van der Waals surface area (Å²) < 4.78 is 9.23. The van der Waals surface area contributed by atoms with Gasteiger partial charge in [0.2, 0.25) is 5.95 Å². The van der Waals surface area contributed by atoms with Crippen LogP contribution >= 0.6 is 0 Å². The van der Waals surface area contributed by atoms with Crippen LogP contribution in [0.15, 0.2) is 62.7 Å². The second-order valence-corrected chi connectivity index (χ2v) is 7.05. The van der Waals surface area contributed by atoms with E-state index in [0.29, 0.717) is 36.7 Å². The lowest BCUT2D eigenvalue weighted by molar-refractivity contribution is 0.0927. The molecule has 31 heavy (non-hydrogen) atoms. The third-order valence-electron chi connectivity index (χ3n) is 4.97. The van der Waals surface area contributed by atoms with E-state index in [0.717, 1.165) is 10.1 Å². The molecule has 2 N–H and O–H groups in total. The molecule has 4 rings (SSSR count). The topological polar surface area (TPSA) is 116 Å². The van der Waals surface area contributed by atoms with Gasteiger partial charge in [-0.2, -0.15) is 4.98 Å². The predicted octanol–water partition coefficient (Wildman–Crippen LogP) is 0.917. The van der Waals surface area contributed by atoms with E-state index in [-0.39, 0.29) is 11.7 Å². The Morgan fingerprint density at radius 1 is 1.03 bits per heavy atom. The lowest BCUT2D eigenvalue weighted by Gasteiger charge is -2.11. The normalized spacial score (nSPS) is 11.0. The van der Waals surface area contributed by atoms with Crippen LogP contribution in [0.2, 0.25) is 0 Å². The first-order valence-electron chi connectivity index (χ1n) is 9.73. The van der Waals surface area contributed by atoms with Crippen LogP contribution in [0.4, 0.5) is 5.95 Å². The van der Waals surface area contributed by atoms with Crippen LogP contribution in [0.25, 0.3) is 11.2 Å². The smallest absolute Gasteiger partial charge is 0.332 e. The maximum absolute atomic E-state index is 12.9. The number of aromatic nitrogens is 4. The number of carbonyl (C=O) groups is 1. The zero-order chi connectivity index (χ0) is 22.0. The fourth-order valence-electron chi connectivity index (χ4n) is 3.35. The van der Waals surface area contributed by atoms with Crippen LogP contribution in [0.5, 0.6) is 0 Å². The van der Waals surface area contributed by atoms with Gasteiger partial charge < -0.3 is 15.1 Å². The van der Waals surface area contributed by atoms with Crippen molar-refractivity contribution in [2.24, 2.45) is 14.1 Å². The molecule has 3 aromatic heterocycles. The second-order valence-electron chi connectivity index (χ2n) is 7.05. The minimum Gasteiger partial charge on any atom is -0.459 e. The summed E-state index contributed by atoms with van der Waals surface area (Å²) in [6.45, 7) is 1.07. The van der Waals surface area contributed by atoms with E-state index in [1.54, 1.807) is 23.7 Å². The Kier molecular flexibility index (Phi) is 5.44. The number of imidazole rings is 1. The van der Waals surface area contributed by atoms with Crippen LogP contribution in [-0.2, 0) is 20.6 Å². The van der Waals surface area contributed by atoms with Crippen LogP contribution in [0.3, 0.4) is 0 Å². The van der Waals surface area contributed by atoms with Gasteiger partial charge in [-0.25, -0.2) is 4.79 Å². The molecule has 0 atom stereocenters. The van der Waals surface area contributed by atoms with E-state index in [4.69, 9.17) is 4.42 Å². The number of fused-ring (bicyclic) bond motifs is 1. The van der Waals surface area contributed by atoms with Crippen molar-refractivity contribution in [2.45, 2.75) is 6.54 Å². The van der Waals surface area contributed by atoms with Crippen molar-refractivity contribution in [3.63, 3.8) is 0 Å². The molecule has 10 nitrogen and oxygen atoms in total. The van der Waals surface area contributed by atoms with Crippen LogP contribution in [0.1, 0.15) is 16.1 Å². The Morgan fingerprint density at radius 3 is 2.52 bits per heavy atom. The van der Waals surface area contributed by atoms with Crippen molar-refractivity contribution in [1.82, 2.24) is 24.0 Å². The Morgan fingerprint density at radius 2 is 1.81 bits per heavy atom. The van der Waals surface area contributed by atoms with E-state index in [9.17, 15) is 14.4 Å². The van der Waals surface area contributed by atoms with E-state index < -0.39 is 11.2 Å². The maximum Gasteiger partial charge on any atom is 0.332 e. The molecule has 0 radical (unpaired) electrons. The van der Waals surface area contributed by atoms with Gasteiger partial charge in [-0.15, -0.1) is 0 Å². The van der Waals surface area contributed by atoms with Gasteiger partial charge in [-0.05, 0) is 17.7 Å². The monoisotopic (exact) mass is 422 g/mol. The van der Waals surface area contributed by atoms with Gasteiger partial charge in [0.15, 0.2) is 16.9 Å². The molecule has 0 spiro atoms. The maximum atomic E-state index is 12.9. The number of hydrogen-bond acceptors (Lipinski definition) is 6. The third-order valence-corrected chi connectivity index (χ3v) is 4.97. The summed E-state index contributed by atoms with van der Waals surface area (Å²) in [5.41, 5.74) is 0.744. The van der Waals surface area contributed by atoms with Gasteiger partial charge in [0.1, 0.15) is 0 Å². The van der Waals surface area contributed by atoms with Gasteiger partial charge in [0.05, 0.1) is 12.8 Å². The largest absolute Gasteiger partial charge is 0.459 e. The Hall–Kier alpha value is -4.08. The van der Waals surface area contributed by atoms with E-state index in [1.165, 1.54) is 17.9 Å². The highest BCUT2D eigenvalue weighted by atomic mass is 16.3. The molecule has 160 valence electrons. The van der Waals surface area contributed by atoms with Crippen molar-refractivity contribution < 1.29 is 9.21 Å². The molecule has 3 heterocycles. The van der Waals surface area contributed by atoms with Crippen molar-refractivity contribution in [3.8, 4) is 0 Å². The Labute approximate surface area is 176 Å². The molecular formula is C21H22N6O4. The number of carbonyl (C=O) groups excluding carboxylic acids is 1. The highest BCUT2D eigenvalue weighted by Gasteiger charge is 2.19. The van der Waals surface area contributed by atoms with Gasteiger partial charge in [0, 0.05) is 27.2 Å². The average Bonchev–Trinajstić information content (AvgIpc) is 3.43. The van der Waals surface area contributed by atoms with Gasteiger partial charge in [-0.3, -0.25) is 23.3 Å². The number of nitrogens with one attached hydrogen (secondary N) is 2. The molecule has 0 unspecified atom stereocenters. The van der Waals surface area contributed by atoms with E-state index >= 15 is 0 Å². The molecule has 0 bridgehead atoms. The number of amides is 1. The third kappa shape index (κ3) is 3.87. The van der Waals surface area contributed by atoms with Gasteiger partial charge in [0.25, 0.3) is 11.5 Å². The quantitative estimate of drug-likeness (QED) is 0.428. The van der Waals surface area contributed by atoms with Crippen LogP contribution in [-0.4, -0.2) is 37.7 Å². The Balaban J connectivity index is 1.63. The Bertz CT molecular complexity index is 1330. The summed E-state index contributed by atoms with van der Waals surface area (Å²) in [5.74, 6) is 0.347. The SMILES string of the molecule is Cn1c(=O)c2c(nc(NCCNC(=O)c3ccco3)n2Cc2ccccc2)n(C)c1=O. The highest BCUT2D eigenvalue weighted by molar-refractivity contribution is 5.91. The second kappa shape index (κ2) is 8.34. The first-order chi connectivity index (χ1) is 15.0. The molecule has 0 aliphatic heterocycles. The van der Waals surface area contributed by atoms with Crippen molar-refractivity contribution in [2.75, 3.05) is 18.4 Å². The zero-order valence-corrected chi connectivity index (χ0v) is 17.2. The summed E-state index contributed by atoms with van der Waals surface area (Å²) in [5, 5.41) is 5.91. The predicted molar refractivity (Wildman–Crippen MR) is 115 cm³/mol. The molecule has 0 fully saturated rings. The summed E-state index contributed by atoms with van der Waals surface area (Å²) in [6, 6.07) is 12.9. The van der Waals surface area contributed by atoms with E-state index in [1.807, 2.05) is 30.3 Å². The summed E-state index contributed by atoms with van der Waals surface area (Å²) in [6.07, 6.45) is 1.43. The summed E-state index contributed by atoms with van der Waals surface area (Å²) in [7, 11) is 3.03. The number of anilines is 1. The number of furan rings is 1. The molecule has 0 aliphatic rings. The molecule has 0 saturated heterocycles. The molecule has 10 heteroatoms. The van der Waals surface area contributed by atoms with Crippen molar-refractivity contribution >= 4 is 23.0 Å². The zero-order valence-electron chi connectivity index (χ0n) is 17.2. The van der Waals surface area contributed by atoms with Gasteiger partial charge in [-0.1, -0.05) is 30.3 Å². The molecule has 1 amide bonds.